The number of amides is 1. The molecule has 0 bridgehead atoms. The average molecular weight is 287 g/mol. The number of carbonyl (C=O) groups is 2. The molecule has 2 aromatic rings. The molecule has 0 saturated heterocycles. The first-order valence-corrected chi connectivity index (χ1v) is 6.57. The fraction of sp³-hybridized carbons (Fsp3) is 0.267. The summed E-state index contributed by atoms with van der Waals surface area (Å²) in [6.07, 6.45) is 1.30. The minimum atomic E-state index is -0.727. The number of hydrogen-bond donors (Lipinski definition) is 1. The van der Waals surface area contributed by atoms with Gasteiger partial charge in [0.1, 0.15) is 11.3 Å². The highest BCUT2D eigenvalue weighted by atomic mass is 16.5. The van der Waals surface area contributed by atoms with E-state index in [9.17, 15) is 9.59 Å². The summed E-state index contributed by atoms with van der Waals surface area (Å²) >= 11 is 0. The third-order valence-electron chi connectivity index (χ3n) is 2.95. The van der Waals surface area contributed by atoms with E-state index in [0.717, 1.165) is 11.1 Å². The molecule has 6 nitrogen and oxygen atoms in total. The Kier molecular flexibility index (Phi) is 4.07. The lowest BCUT2D eigenvalue weighted by Crippen LogP contribution is -2.21. The van der Waals surface area contributed by atoms with Crippen molar-refractivity contribution < 1.29 is 14.3 Å². The summed E-state index contributed by atoms with van der Waals surface area (Å²) in [5.41, 5.74) is 8.22. The SMILES string of the molecule is CCOC(=O)c1cnn(-c2cc(C)cc(C)c2)c1C(N)=O. The number of aryl methyl sites for hydroxylation is 2. The first kappa shape index (κ1) is 14.8. The van der Waals surface area contributed by atoms with Gasteiger partial charge in [0.25, 0.3) is 5.91 Å². The summed E-state index contributed by atoms with van der Waals surface area (Å²) in [6, 6.07) is 5.73. The molecule has 0 unspecified atom stereocenters. The van der Waals surface area contributed by atoms with Crippen molar-refractivity contribution in [3.63, 3.8) is 0 Å². The molecule has 6 heteroatoms. The van der Waals surface area contributed by atoms with Gasteiger partial charge < -0.3 is 10.5 Å². The number of benzene rings is 1. The van der Waals surface area contributed by atoms with Gasteiger partial charge in [0.2, 0.25) is 0 Å². The summed E-state index contributed by atoms with van der Waals surface area (Å²) in [5.74, 6) is -1.34. The Morgan fingerprint density at radius 3 is 2.38 bits per heavy atom. The minimum Gasteiger partial charge on any atom is -0.462 e. The third kappa shape index (κ3) is 2.94. The summed E-state index contributed by atoms with van der Waals surface area (Å²) < 4.78 is 6.28. The maximum atomic E-state index is 11.9. The lowest BCUT2D eigenvalue weighted by Gasteiger charge is -2.08. The van der Waals surface area contributed by atoms with Crippen LogP contribution in [-0.4, -0.2) is 28.3 Å². The number of rotatable bonds is 4. The van der Waals surface area contributed by atoms with Gasteiger partial charge in [-0.1, -0.05) is 6.07 Å². The van der Waals surface area contributed by atoms with Crippen LogP contribution in [0.15, 0.2) is 24.4 Å². The van der Waals surface area contributed by atoms with Gasteiger partial charge in [-0.15, -0.1) is 0 Å². The normalized spacial score (nSPS) is 10.4. The number of nitrogens with two attached hydrogens (primary N) is 1. The molecule has 0 spiro atoms. The van der Waals surface area contributed by atoms with E-state index in [4.69, 9.17) is 10.5 Å². The second-order valence-electron chi connectivity index (χ2n) is 4.75. The van der Waals surface area contributed by atoms with E-state index in [1.54, 1.807) is 6.92 Å². The van der Waals surface area contributed by atoms with Crippen molar-refractivity contribution in [2.45, 2.75) is 20.8 Å². The van der Waals surface area contributed by atoms with Crippen molar-refractivity contribution >= 4 is 11.9 Å². The molecule has 0 aliphatic heterocycles. The van der Waals surface area contributed by atoms with Gasteiger partial charge in [-0.25, -0.2) is 9.48 Å². The van der Waals surface area contributed by atoms with E-state index in [1.807, 2.05) is 32.0 Å². The van der Waals surface area contributed by atoms with Gasteiger partial charge in [0, 0.05) is 0 Å². The van der Waals surface area contributed by atoms with Gasteiger partial charge in [0.15, 0.2) is 0 Å². The maximum Gasteiger partial charge on any atom is 0.342 e. The van der Waals surface area contributed by atoms with E-state index in [1.165, 1.54) is 10.9 Å². The summed E-state index contributed by atoms with van der Waals surface area (Å²) in [5, 5.41) is 4.11. The summed E-state index contributed by atoms with van der Waals surface area (Å²) in [7, 11) is 0. The van der Waals surface area contributed by atoms with Crippen molar-refractivity contribution in [3.8, 4) is 5.69 Å². The Morgan fingerprint density at radius 1 is 1.24 bits per heavy atom. The lowest BCUT2D eigenvalue weighted by atomic mass is 10.1. The third-order valence-corrected chi connectivity index (χ3v) is 2.95. The zero-order valence-corrected chi connectivity index (χ0v) is 12.2. The van der Waals surface area contributed by atoms with Crippen LogP contribution in [0.4, 0.5) is 0 Å². The van der Waals surface area contributed by atoms with Gasteiger partial charge in [-0.3, -0.25) is 4.79 Å². The molecule has 0 radical (unpaired) electrons. The molecule has 1 amide bonds. The number of nitrogens with zero attached hydrogens (tertiary/aromatic N) is 2. The quantitative estimate of drug-likeness (QED) is 0.868. The smallest absolute Gasteiger partial charge is 0.342 e. The highest BCUT2D eigenvalue weighted by molar-refractivity contribution is 6.03. The van der Waals surface area contributed by atoms with Crippen LogP contribution in [0.5, 0.6) is 0 Å². The molecule has 21 heavy (non-hydrogen) atoms. The second kappa shape index (κ2) is 5.78. The first-order chi connectivity index (χ1) is 9.93. The van der Waals surface area contributed by atoms with E-state index in [0.29, 0.717) is 5.69 Å². The van der Waals surface area contributed by atoms with Crippen LogP contribution in [-0.2, 0) is 4.74 Å². The van der Waals surface area contributed by atoms with Gasteiger partial charge in [0.05, 0.1) is 18.5 Å². The second-order valence-corrected chi connectivity index (χ2v) is 4.75. The monoisotopic (exact) mass is 287 g/mol. The fourth-order valence-corrected chi connectivity index (χ4v) is 2.21. The summed E-state index contributed by atoms with van der Waals surface area (Å²) in [4.78, 5) is 23.6. The number of esters is 1. The Bertz CT molecular complexity index is 684. The van der Waals surface area contributed by atoms with Crippen LogP contribution >= 0.6 is 0 Å². The highest BCUT2D eigenvalue weighted by Crippen LogP contribution is 2.18. The Balaban J connectivity index is 2.59. The molecular weight excluding hydrogens is 270 g/mol. The van der Waals surface area contributed by atoms with Crippen LogP contribution < -0.4 is 5.73 Å². The topological polar surface area (TPSA) is 87.2 Å². The Labute approximate surface area is 122 Å². The molecule has 1 heterocycles. The number of aromatic nitrogens is 2. The highest BCUT2D eigenvalue weighted by Gasteiger charge is 2.23. The number of carbonyl (C=O) groups excluding carboxylic acids is 2. The lowest BCUT2D eigenvalue weighted by molar-refractivity contribution is 0.0523. The van der Waals surface area contributed by atoms with Crippen molar-refractivity contribution in [1.82, 2.24) is 9.78 Å². The number of hydrogen-bond acceptors (Lipinski definition) is 4. The predicted molar refractivity (Wildman–Crippen MR) is 77.5 cm³/mol. The standard InChI is InChI=1S/C15H17N3O3/c1-4-21-15(20)12-8-17-18(13(12)14(16)19)11-6-9(2)5-10(3)7-11/h5-8H,4H2,1-3H3,(H2,16,19). The van der Waals surface area contributed by atoms with Gasteiger partial charge in [-0.2, -0.15) is 5.10 Å². The predicted octanol–water partition coefficient (Wildman–Crippen LogP) is 1.76. The largest absolute Gasteiger partial charge is 0.462 e. The molecule has 0 atom stereocenters. The number of primary amides is 1. The van der Waals surface area contributed by atoms with E-state index in [2.05, 4.69) is 5.10 Å². The Hall–Kier alpha value is -2.63. The van der Waals surface area contributed by atoms with Crippen molar-refractivity contribution in [1.29, 1.82) is 0 Å². The zero-order valence-electron chi connectivity index (χ0n) is 12.2. The molecule has 1 aromatic carbocycles. The Morgan fingerprint density at radius 2 is 1.86 bits per heavy atom. The molecule has 2 N–H and O–H groups in total. The molecular formula is C15H17N3O3. The van der Waals surface area contributed by atoms with Gasteiger partial charge in [-0.05, 0) is 44.0 Å². The van der Waals surface area contributed by atoms with Crippen molar-refractivity contribution in [2.24, 2.45) is 5.73 Å². The van der Waals surface area contributed by atoms with E-state index >= 15 is 0 Å². The molecule has 0 saturated carbocycles. The van der Waals surface area contributed by atoms with E-state index < -0.39 is 11.9 Å². The minimum absolute atomic E-state index is 0.0263. The van der Waals surface area contributed by atoms with Crippen LogP contribution in [0.25, 0.3) is 5.69 Å². The molecule has 0 aliphatic rings. The molecule has 2 rings (SSSR count). The molecule has 0 fully saturated rings. The maximum absolute atomic E-state index is 11.9. The molecule has 110 valence electrons. The van der Waals surface area contributed by atoms with Crippen molar-refractivity contribution in [2.75, 3.05) is 6.61 Å². The fourth-order valence-electron chi connectivity index (χ4n) is 2.21. The molecule has 1 aromatic heterocycles. The van der Waals surface area contributed by atoms with Crippen molar-refractivity contribution in [3.05, 3.63) is 46.8 Å². The van der Waals surface area contributed by atoms with Crippen LogP contribution in [0.1, 0.15) is 38.9 Å². The van der Waals surface area contributed by atoms with Gasteiger partial charge >= 0.3 is 5.97 Å². The number of ether oxygens (including phenoxy) is 1. The zero-order chi connectivity index (χ0) is 15.6. The molecule has 0 aliphatic carbocycles. The van der Waals surface area contributed by atoms with Crippen LogP contribution in [0.2, 0.25) is 0 Å². The first-order valence-electron chi connectivity index (χ1n) is 6.57. The summed E-state index contributed by atoms with van der Waals surface area (Å²) in [6.45, 7) is 5.79. The average Bonchev–Trinajstić information content (AvgIpc) is 2.82. The van der Waals surface area contributed by atoms with Crippen LogP contribution in [0.3, 0.4) is 0 Å². The van der Waals surface area contributed by atoms with Crippen LogP contribution in [0, 0.1) is 13.8 Å². The van der Waals surface area contributed by atoms with E-state index in [-0.39, 0.29) is 17.9 Å².